The fourth-order valence-corrected chi connectivity index (χ4v) is 2.57. The van der Waals surface area contributed by atoms with Gasteiger partial charge in [-0.25, -0.2) is 10.1 Å². The lowest BCUT2D eigenvalue weighted by molar-refractivity contribution is -0.384. The third-order valence-corrected chi connectivity index (χ3v) is 4.09. The summed E-state index contributed by atoms with van der Waals surface area (Å²) in [6, 6.07) is 12.7. The Hall–Kier alpha value is -4.01. The number of amides is 1. The summed E-state index contributed by atoms with van der Waals surface area (Å²) in [6.07, 6.45) is 1.24. The summed E-state index contributed by atoms with van der Waals surface area (Å²) >= 11 is 0. The summed E-state index contributed by atoms with van der Waals surface area (Å²) < 4.78 is 1.39. The van der Waals surface area contributed by atoms with Crippen LogP contribution in [-0.4, -0.2) is 26.8 Å². The lowest BCUT2D eigenvalue weighted by Gasteiger charge is -2.01. The molecule has 0 aliphatic heterocycles. The monoisotopic (exact) mass is 379 g/mol. The molecule has 1 amide bonds. The average Bonchev–Trinajstić information content (AvgIpc) is 2.96. The normalized spacial score (nSPS) is 10.9. The Morgan fingerprint density at radius 2 is 1.93 bits per heavy atom. The molecule has 0 radical (unpaired) electrons. The largest absolute Gasteiger partial charge is 0.295 e. The summed E-state index contributed by atoms with van der Waals surface area (Å²) in [4.78, 5) is 34.9. The molecular weight excluding hydrogens is 362 g/mol. The second-order valence-electron chi connectivity index (χ2n) is 6.13. The van der Waals surface area contributed by atoms with Gasteiger partial charge in [-0.3, -0.25) is 24.8 Å². The van der Waals surface area contributed by atoms with Crippen LogP contribution in [0.4, 0.5) is 5.69 Å². The van der Waals surface area contributed by atoms with Crippen LogP contribution in [0.25, 0.3) is 5.69 Å². The highest BCUT2D eigenvalue weighted by Crippen LogP contribution is 2.13. The van der Waals surface area contributed by atoms with Gasteiger partial charge in [0.25, 0.3) is 17.2 Å². The van der Waals surface area contributed by atoms with Crippen molar-refractivity contribution in [1.29, 1.82) is 0 Å². The van der Waals surface area contributed by atoms with E-state index in [-0.39, 0.29) is 16.8 Å². The first-order chi connectivity index (χ1) is 13.4. The quantitative estimate of drug-likeness (QED) is 0.401. The van der Waals surface area contributed by atoms with Gasteiger partial charge in [0.15, 0.2) is 0 Å². The van der Waals surface area contributed by atoms with Crippen molar-refractivity contribution in [3.05, 3.63) is 91.4 Å². The number of aromatic nitrogens is 2. The summed E-state index contributed by atoms with van der Waals surface area (Å²) in [5.41, 5.74) is 4.48. The number of nitro benzene ring substituents is 1. The number of carbonyl (C=O) groups is 1. The van der Waals surface area contributed by atoms with Gasteiger partial charge in [0.1, 0.15) is 0 Å². The van der Waals surface area contributed by atoms with E-state index in [0.29, 0.717) is 16.9 Å². The Bertz CT molecular complexity index is 1130. The van der Waals surface area contributed by atoms with Crippen molar-refractivity contribution in [2.24, 2.45) is 5.10 Å². The molecule has 2 aromatic carbocycles. The van der Waals surface area contributed by atoms with Gasteiger partial charge in [-0.2, -0.15) is 5.10 Å². The smallest absolute Gasteiger partial charge is 0.280 e. The molecule has 0 atom stereocenters. The van der Waals surface area contributed by atoms with Crippen molar-refractivity contribution in [2.75, 3.05) is 0 Å². The second kappa shape index (κ2) is 7.70. The molecule has 0 spiro atoms. The van der Waals surface area contributed by atoms with Crippen molar-refractivity contribution in [2.45, 2.75) is 13.8 Å². The van der Waals surface area contributed by atoms with Crippen LogP contribution < -0.4 is 11.0 Å². The molecule has 9 nitrogen and oxygen atoms in total. The topological polar surface area (TPSA) is 122 Å². The maximum atomic E-state index is 12.6. The van der Waals surface area contributed by atoms with Gasteiger partial charge in [-0.05, 0) is 32.0 Å². The van der Waals surface area contributed by atoms with Gasteiger partial charge in [0.05, 0.1) is 22.4 Å². The van der Waals surface area contributed by atoms with E-state index in [1.54, 1.807) is 6.92 Å². The molecule has 0 bridgehead atoms. The van der Waals surface area contributed by atoms with Gasteiger partial charge in [-0.1, -0.05) is 23.8 Å². The molecule has 0 saturated carbocycles. The molecule has 0 aliphatic carbocycles. The maximum Gasteiger partial charge on any atom is 0.280 e. The van der Waals surface area contributed by atoms with Crippen LogP contribution in [0, 0.1) is 24.0 Å². The van der Waals surface area contributed by atoms with Gasteiger partial charge in [0.2, 0.25) is 0 Å². The summed E-state index contributed by atoms with van der Waals surface area (Å²) in [6.45, 7) is 3.67. The van der Waals surface area contributed by atoms with Crippen molar-refractivity contribution < 1.29 is 9.72 Å². The highest BCUT2D eigenvalue weighted by molar-refractivity contribution is 5.95. The van der Waals surface area contributed by atoms with E-state index in [1.807, 2.05) is 31.2 Å². The van der Waals surface area contributed by atoms with Crippen LogP contribution in [0.15, 0.2) is 58.4 Å². The Labute approximate surface area is 159 Å². The van der Waals surface area contributed by atoms with E-state index < -0.39 is 10.8 Å². The third kappa shape index (κ3) is 3.88. The molecule has 9 heteroatoms. The number of aromatic amines is 1. The Balaban J connectivity index is 1.79. The van der Waals surface area contributed by atoms with Crippen molar-refractivity contribution in [3.63, 3.8) is 0 Å². The Morgan fingerprint density at radius 3 is 2.61 bits per heavy atom. The van der Waals surface area contributed by atoms with Crippen LogP contribution in [-0.2, 0) is 0 Å². The highest BCUT2D eigenvalue weighted by Gasteiger charge is 2.12. The number of hydrazone groups is 1. The van der Waals surface area contributed by atoms with E-state index in [0.717, 1.165) is 11.6 Å². The van der Waals surface area contributed by atoms with E-state index in [9.17, 15) is 19.7 Å². The first kappa shape index (κ1) is 18.8. The number of rotatable bonds is 5. The minimum absolute atomic E-state index is 0.0919. The molecule has 3 aromatic rings. The van der Waals surface area contributed by atoms with Crippen molar-refractivity contribution >= 4 is 17.8 Å². The SMILES string of the molecule is Cc1ccc(-n2[nH]c(C)c(/C=N/NC(=O)c3cccc([N+](=O)[O-])c3)c2=O)cc1. The Morgan fingerprint density at radius 1 is 1.21 bits per heavy atom. The molecule has 0 fully saturated rings. The molecule has 2 N–H and O–H groups in total. The van der Waals surface area contributed by atoms with Crippen LogP contribution in [0.5, 0.6) is 0 Å². The first-order valence-electron chi connectivity index (χ1n) is 8.33. The fourth-order valence-electron chi connectivity index (χ4n) is 2.57. The summed E-state index contributed by atoms with van der Waals surface area (Å²) in [5, 5.41) is 17.6. The molecular formula is C19H17N5O4. The van der Waals surface area contributed by atoms with Crippen LogP contribution in [0.2, 0.25) is 0 Å². The summed E-state index contributed by atoms with van der Waals surface area (Å²) in [7, 11) is 0. The van der Waals surface area contributed by atoms with Crippen molar-refractivity contribution in [3.8, 4) is 5.69 Å². The van der Waals surface area contributed by atoms with E-state index in [2.05, 4.69) is 15.6 Å². The number of non-ortho nitro benzene ring substituents is 1. The molecule has 0 saturated heterocycles. The predicted molar refractivity (Wildman–Crippen MR) is 104 cm³/mol. The number of nitro groups is 1. The van der Waals surface area contributed by atoms with Crippen LogP contribution in [0.1, 0.15) is 27.2 Å². The van der Waals surface area contributed by atoms with E-state index >= 15 is 0 Å². The van der Waals surface area contributed by atoms with Crippen molar-refractivity contribution in [1.82, 2.24) is 15.2 Å². The predicted octanol–water partition coefficient (Wildman–Crippen LogP) is 2.45. The lowest BCUT2D eigenvalue weighted by Crippen LogP contribution is -2.20. The number of hydrogen-bond donors (Lipinski definition) is 2. The average molecular weight is 379 g/mol. The number of nitrogens with zero attached hydrogens (tertiary/aromatic N) is 3. The second-order valence-corrected chi connectivity index (χ2v) is 6.13. The zero-order chi connectivity index (χ0) is 20.3. The number of hydrogen-bond acceptors (Lipinski definition) is 5. The number of aryl methyl sites for hydroxylation is 2. The number of carbonyl (C=O) groups excluding carboxylic acids is 1. The molecule has 1 heterocycles. The molecule has 28 heavy (non-hydrogen) atoms. The van der Waals surface area contributed by atoms with Gasteiger partial charge in [0, 0.05) is 23.4 Å². The molecule has 0 unspecified atom stereocenters. The number of H-pyrrole nitrogens is 1. The minimum Gasteiger partial charge on any atom is -0.295 e. The lowest BCUT2D eigenvalue weighted by atomic mass is 10.2. The molecule has 1 aromatic heterocycles. The molecule has 0 aliphatic rings. The molecule has 3 rings (SSSR count). The van der Waals surface area contributed by atoms with Crippen LogP contribution >= 0.6 is 0 Å². The minimum atomic E-state index is -0.619. The molecule has 142 valence electrons. The van der Waals surface area contributed by atoms with E-state index in [4.69, 9.17) is 0 Å². The zero-order valence-corrected chi connectivity index (χ0v) is 15.2. The summed E-state index contributed by atoms with van der Waals surface area (Å²) in [5.74, 6) is -0.619. The number of benzene rings is 2. The number of nitrogens with one attached hydrogen (secondary N) is 2. The fraction of sp³-hybridized carbons (Fsp3) is 0.105. The third-order valence-electron chi connectivity index (χ3n) is 4.09. The van der Waals surface area contributed by atoms with Gasteiger partial charge in [-0.15, -0.1) is 0 Å². The maximum absolute atomic E-state index is 12.6. The standard InChI is InChI=1S/C19H17N5O4/c1-12-6-8-15(9-7-12)23-19(26)17(13(2)22-23)11-20-21-18(25)14-4-3-5-16(10-14)24(27)28/h3-11,22H,1-2H3,(H,21,25)/b20-11+. The highest BCUT2D eigenvalue weighted by atomic mass is 16.6. The van der Waals surface area contributed by atoms with Gasteiger partial charge >= 0.3 is 0 Å². The first-order valence-corrected chi connectivity index (χ1v) is 8.33. The van der Waals surface area contributed by atoms with E-state index in [1.165, 1.54) is 29.1 Å². The van der Waals surface area contributed by atoms with Gasteiger partial charge < -0.3 is 0 Å². The zero-order valence-electron chi connectivity index (χ0n) is 15.2. The Kier molecular flexibility index (Phi) is 5.16. The van der Waals surface area contributed by atoms with Crippen LogP contribution in [0.3, 0.4) is 0 Å².